The smallest absolute Gasteiger partial charge is 0.373 e. The predicted molar refractivity (Wildman–Crippen MR) is 85.9 cm³/mol. The fraction of sp³-hybridized carbons (Fsp3) is 0.611. The summed E-state index contributed by atoms with van der Waals surface area (Å²) in [5.41, 5.74) is -4.65. The van der Waals surface area contributed by atoms with Crippen molar-refractivity contribution in [3.05, 3.63) is 35.9 Å². The molecule has 0 saturated heterocycles. The quantitative estimate of drug-likeness (QED) is 0.656. The van der Waals surface area contributed by atoms with Crippen molar-refractivity contribution in [2.24, 2.45) is 5.92 Å². The standard InChI is InChI=1S/C18H18F9NO2/c19-16(20,21)14(29)28(10-11-4-2-1-3-5-11)13-8-6-12(7-9-13)15(30,17(22,23)24)18(25,26)27/h1-5,12-13,30H,6-10H2. The third-order valence-electron chi connectivity index (χ3n) is 5.29. The highest BCUT2D eigenvalue weighted by molar-refractivity contribution is 5.82. The molecule has 0 unspecified atom stereocenters. The lowest BCUT2D eigenvalue weighted by Crippen LogP contribution is -2.62. The van der Waals surface area contributed by atoms with Gasteiger partial charge in [0.2, 0.25) is 0 Å². The highest BCUT2D eigenvalue weighted by Crippen LogP contribution is 2.52. The zero-order chi connectivity index (χ0) is 23.0. The Morgan fingerprint density at radius 2 is 1.33 bits per heavy atom. The highest BCUT2D eigenvalue weighted by atomic mass is 19.4. The molecule has 0 radical (unpaired) electrons. The summed E-state index contributed by atoms with van der Waals surface area (Å²) < 4.78 is 117. The number of carbonyl (C=O) groups is 1. The van der Waals surface area contributed by atoms with E-state index in [-0.39, 0.29) is 0 Å². The largest absolute Gasteiger partial charge is 0.471 e. The van der Waals surface area contributed by atoms with Gasteiger partial charge in [-0.2, -0.15) is 39.5 Å². The fourth-order valence-corrected chi connectivity index (χ4v) is 3.74. The number of benzene rings is 1. The summed E-state index contributed by atoms with van der Waals surface area (Å²) in [5, 5.41) is 9.50. The Hall–Kier alpha value is -1.98. The maximum Gasteiger partial charge on any atom is 0.471 e. The number of rotatable bonds is 4. The van der Waals surface area contributed by atoms with Gasteiger partial charge in [0.1, 0.15) is 0 Å². The van der Waals surface area contributed by atoms with Gasteiger partial charge in [-0.05, 0) is 31.2 Å². The summed E-state index contributed by atoms with van der Waals surface area (Å²) in [6, 6.07) is 6.26. The van der Waals surface area contributed by atoms with Crippen molar-refractivity contribution in [2.45, 2.75) is 62.4 Å². The van der Waals surface area contributed by atoms with Crippen molar-refractivity contribution in [1.29, 1.82) is 0 Å². The van der Waals surface area contributed by atoms with Gasteiger partial charge in [0, 0.05) is 18.5 Å². The van der Waals surface area contributed by atoms with Gasteiger partial charge in [-0.1, -0.05) is 30.3 Å². The van der Waals surface area contributed by atoms with Crippen molar-refractivity contribution in [3.63, 3.8) is 0 Å². The molecular weight excluding hydrogens is 433 g/mol. The number of amides is 1. The van der Waals surface area contributed by atoms with Crippen LogP contribution in [0.4, 0.5) is 39.5 Å². The molecule has 1 fully saturated rings. The van der Waals surface area contributed by atoms with Crippen molar-refractivity contribution in [3.8, 4) is 0 Å². The second-order valence-corrected chi connectivity index (χ2v) is 7.18. The van der Waals surface area contributed by atoms with E-state index in [2.05, 4.69) is 0 Å². The van der Waals surface area contributed by atoms with Gasteiger partial charge < -0.3 is 10.0 Å². The topological polar surface area (TPSA) is 40.5 Å². The van der Waals surface area contributed by atoms with Crippen molar-refractivity contribution >= 4 is 5.91 Å². The van der Waals surface area contributed by atoms with Crippen molar-refractivity contribution in [1.82, 2.24) is 4.90 Å². The van der Waals surface area contributed by atoms with Gasteiger partial charge in [0.25, 0.3) is 5.60 Å². The minimum absolute atomic E-state index is 0.319. The molecule has 1 N–H and O–H groups in total. The SMILES string of the molecule is O=C(N(Cc1ccccc1)C1CCC(C(O)(C(F)(F)F)C(F)(F)F)CC1)C(F)(F)F. The van der Waals surface area contributed by atoms with Crippen LogP contribution in [-0.2, 0) is 11.3 Å². The number of nitrogens with zero attached hydrogens (tertiary/aromatic N) is 1. The Balaban J connectivity index is 2.24. The van der Waals surface area contributed by atoms with E-state index in [0.717, 1.165) is 0 Å². The zero-order valence-electron chi connectivity index (χ0n) is 15.3. The van der Waals surface area contributed by atoms with Gasteiger partial charge in [-0.15, -0.1) is 0 Å². The third-order valence-corrected chi connectivity index (χ3v) is 5.29. The average Bonchev–Trinajstić information content (AvgIpc) is 2.63. The first-order valence-electron chi connectivity index (χ1n) is 8.86. The van der Waals surface area contributed by atoms with Gasteiger partial charge in [-0.3, -0.25) is 4.79 Å². The second kappa shape index (κ2) is 8.27. The Bertz CT molecular complexity index is 706. The van der Waals surface area contributed by atoms with Gasteiger partial charge in [0.05, 0.1) is 0 Å². The molecule has 0 spiro atoms. The molecule has 2 rings (SSSR count). The third kappa shape index (κ3) is 4.84. The molecule has 1 aliphatic rings. The van der Waals surface area contributed by atoms with Crippen LogP contribution in [0, 0.1) is 5.92 Å². The Labute approximate surface area is 165 Å². The summed E-state index contributed by atoms with van der Waals surface area (Å²) in [4.78, 5) is 12.3. The highest BCUT2D eigenvalue weighted by Gasteiger charge is 2.73. The number of alkyl halides is 9. The first-order chi connectivity index (χ1) is 13.6. The lowest BCUT2D eigenvalue weighted by molar-refractivity contribution is -0.387. The Morgan fingerprint density at radius 1 is 0.867 bits per heavy atom. The number of aliphatic hydroxyl groups is 1. The fourth-order valence-electron chi connectivity index (χ4n) is 3.74. The van der Waals surface area contributed by atoms with Crippen molar-refractivity contribution in [2.75, 3.05) is 0 Å². The molecule has 0 heterocycles. The molecule has 30 heavy (non-hydrogen) atoms. The van der Waals surface area contributed by atoms with Crippen LogP contribution in [0.15, 0.2) is 30.3 Å². The summed E-state index contributed by atoms with van der Waals surface area (Å²) in [7, 11) is 0. The van der Waals surface area contributed by atoms with E-state index in [1.54, 1.807) is 6.07 Å². The maximum atomic E-state index is 13.0. The summed E-state index contributed by atoms with van der Waals surface area (Å²) in [6.07, 6.45) is -20.1. The van der Waals surface area contributed by atoms with E-state index in [0.29, 0.717) is 10.5 Å². The first-order valence-corrected chi connectivity index (χ1v) is 8.86. The van der Waals surface area contributed by atoms with E-state index in [9.17, 15) is 49.4 Å². The Kier molecular flexibility index (Phi) is 6.70. The predicted octanol–water partition coefficient (Wildman–Crippen LogP) is 4.99. The van der Waals surface area contributed by atoms with E-state index < -0.39 is 74.2 Å². The number of hydrogen-bond acceptors (Lipinski definition) is 2. The monoisotopic (exact) mass is 451 g/mol. The van der Waals surface area contributed by atoms with Crippen molar-refractivity contribution < 1.29 is 49.4 Å². The van der Waals surface area contributed by atoms with E-state index in [4.69, 9.17) is 0 Å². The molecule has 170 valence electrons. The van der Waals surface area contributed by atoms with Gasteiger partial charge >= 0.3 is 24.4 Å². The van der Waals surface area contributed by atoms with Gasteiger partial charge in [-0.25, -0.2) is 0 Å². The second-order valence-electron chi connectivity index (χ2n) is 7.18. The first kappa shape index (κ1) is 24.3. The summed E-state index contributed by atoms with van der Waals surface area (Å²) >= 11 is 0. The lowest BCUT2D eigenvalue weighted by atomic mass is 9.74. The maximum absolute atomic E-state index is 13.0. The number of halogens is 9. The van der Waals surface area contributed by atoms with E-state index in [1.165, 1.54) is 24.3 Å². The van der Waals surface area contributed by atoms with Crippen LogP contribution in [0.1, 0.15) is 31.2 Å². The molecule has 1 aliphatic carbocycles. The Morgan fingerprint density at radius 3 is 1.73 bits per heavy atom. The lowest BCUT2D eigenvalue weighted by Gasteiger charge is -2.44. The molecule has 0 aliphatic heterocycles. The molecular formula is C18H18F9NO2. The molecule has 1 aromatic rings. The minimum Gasteiger partial charge on any atom is -0.373 e. The zero-order valence-corrected chi connectivity index (χ0v) is 15.3. The minimum atomic E-state index is -6.01. The molecule has 0 aromatic heterocycles. The molecule has 0 atom stereocenters. The molecule has 3 nitrogen and oxygen atoms in total. The molecule has 1 saturated carbocycles. The van der Waals surface area contributed by atoms with Gasteiger partial charge in [0.15, 0.2) is 0 Å². The average molecular weight is 451 g/mol. The van der Waals surface area contributed by atoms with E-state index >= 15 is 0 Å². The van der Waals surface area contributed by atoms with Crippen LogP contribution < -0.4 is 0 Å². The molecule has 1 amide bonds. The number of carbonyl (C=O) groups excluding carboxylic acids is 1. The van der Waals surface area contributed by atoms with Crippen LogP contribution >= 0.6 is 0 Å². The summed E-state index contributed by atoms with van der Waals surface area (Å²) in [6.45, 7) is -0.503. The molecule has 1 aromatic carbocycles. The normalized spacial score (nSPS) is 21.4. The van der Waals surface area contributed by atoms with Crippen LogP contribution in [0.2, 0.25) is 0 Å². The molecule has 0 bridgehead atoms. The number of hydrogen-bond donors (Lipinski definition) is 1. The van der Waals surface area contributed by atoms with Crippen LogP contribution in [0.5, 0.6) is 0 Å². The van der Waals surface area contributed by atoms with Crippen LogP contribution in [0.3, 0.4) is 0 Å². The summed E-state index contributed by atoms with van der Waals surface area (Å²) in [5.74, 6) is -4.51. The van der Waals surface area contributed by atoms with Crippen LogP contribution in [-0.4, -0.2) is 46.1 Å². The van der Waals surface area contributed by atoms with Crippen LogP contribution in [0.25, 0.3) is 0 Å². The van der Waals surface area contributed by atoms with E-state index in [1.807, 2.05) is 0 Å². The molecule has 12 heteroatoms.